The maximum atomic E-state index is 8.30. The summed E-state index contributed by atoms with van der Waals surface area (Å²) in [5.41, 5.74) is -0.108. The van der Waals surface area contributed by atoms with Crippen molar-refractivity contribution in [2.24, 2.45) is 0 Å². The van der Waals surface area contributed by atoms with Crippen molar-refractivity contribution in [3.05, 3.63) is 0 Å². The highest BCUT2D eigenvalue weighted by Gasteiger charge is 2.07. The summed E-state index contributed by atoms with van der Waals surface area (Å²) >= 11 is 0. The van der Waals surface area contributed by atoms with Crippen LogP contribution in [0.25, 0.3) is 0 Å². The summed E-state index contributed by atoms with van der Waals surface area (Å²) in [5.74, 6) is 0. The standard InChI is InChI=1S/C6H14O2.H2O/c1-6(2,3)8-5-4-7;/h7H,4-5H2,1-3H3;1H2. The summed E-state index contributed by atoms with van der Waals surface area (Å²) in [6.45, 7) is 6.43. The van der Waals surface area contributed by atoms with Crippen LogP contribution >= 0.6 is 0 Å². The molecule has 0 atom stereocenters. The summed E-state index contributed by atoms with van der Waals surface area (Å²) < 4.78 is 5.13. The third kappa shape index (κ3) is 11.4. The SMILES string of the molecule is CC(C)(C)OCCO.O. The lowest BCUT2D eigenvalue weighted by Crippen LogP contribution is -2.20. The van der Waals surface area contributed by atoms with Gasteiger partial charge in [0.25, 0.3) is 0 Å². The largest absolute Gasteiger partial charge is 0.412 e. The Hall–Kier alpha value is -0.120. The zero-order valence-electron chi connectivity index (χ0n) is 6.27. The summed E-state index contributed by atoms with van der Waals surface area (Å²) in [4.78, 5) is 0. The predicted molar refractivity (Wildman–Crippen MR) is 36.4 cm³/mol. The molecule has 0 radical (unpaired) electrons. The first kappa shape index (κ1) is 11.6. The molecule has 0 fully saturated rings. The molecule has 0 rings (SSSR count). The quantitative estimate of drug-likeness (QED) is 0.579. The van der Waals surface area contributed by atoms with Crippen LogP contribution in [0.1, 0.15) is 20.8 Å². The van der Waals surface area contributed by atoms with Crippen molar-refractivity contribution in [2.45, 2.75) is 26.4 Å². The topological polar surface area (TPSA) is 61.0 Å². The number of hydrogen-bond donors (Lipinski definition) is 1. The van der Waals surface area contributed by atoms with Gasteiger partial charge in [-0.1, -0.05) is 0 Å². The Kier molecular flexibility index (Phi) is 6.12. The fourth-order valence-corrected chi connectivity index (χ4v) is 0.352. The van der Waals surface area contributed by atoms with Crippen LogP contribution in [-0.2, 0) is 4.74 Å². The van der Waals surface area contributed by atoms with E-state index in [1.54, 1.807) is 0 Å². The van der Waals surface area contributed by atoms with E-state index in [9.17, 15) is 0 Å². The Morgan fingerprint density at radius 2 is 1.78 bits per heavy atom. The van der Waals surface area contributed by atoms with Gasteiger partial charge in [0, 0.05) is 0 Å². The highest BCUT2D eigenvalue weighted by molar-refractivity contribution is 4.57. The average Bonchev–Trinajstić information content (AvgIpc) is 1.59. The van der Waals surface area contributed by atoms with E-state index >= 15 is 0 Å². The Morgan fingerprint density at radius 1 is 1.33 bits per heavy atom. The molecule has 3 N–H and O–H groups in total. The molecule has 0 saturated carbocycles. The Bertz CT molecular complexity index is 55.8. The highest BCUT2D eigenvalue weighted by Crippen LogP contribution is 2.04. The number of rotatable bonds is 2. The van der Waals surface area contributed by atoms with Gasteiger partial charge in [-0.15, -0.1) is 0 Å². The van der Waals surface area contributed by atoms with Gasteiger partial charge in [0.2, 0.25) is 0 Å². The van der Waals surface area contributed by atoms with Crippen molar-refractivity contribution in [1.29, 1.82) is 0 Å². The third-order valence-corrected chi connectivity index (χ3v) is 0.626. The first-order chi connectivity index (χ1) is 3.56. The van der Waals surface area contributed by atoms with Crippen molar-refractivity contribution < 1.29 is 15.3 Å². The first-order valence-electron chi connectivity index (χ1n) is 2.81. The lowest BCUT2D eigenvalue weighted by molar-refractivity contribution is -0.0199. The zero-order chi connectivity index (χ0) is 6.62. The summed E-state index contributed by atoms with van der Waals surface area (Å²) in [5, 5.41) is 8.30. The van der Waals surface area contributed by atoms with Crippen LogP contribution < -0.4 is 0 Å². The second-order valence-electron chi connectivity index (χ2n) is 2.68. The van der Waals surface area contributed by atoms with Crippen LogP contribution in [0, 0.1) is 0 Å². The lowest BCUT2D eigenvalue weighted by atomic mass is 10.2. The fourth-order valence-electron chi connectivity index (χ4n) is 0.352. The number of hydrogen-bond acceptors (Lipinski definition) is 2. The van der Waals surface area contributed by atoms with Crippen molar-refractivity contribution in [2.75, 3.05) is 13.2 Å². The molecule has 0 unspecified atom stereocenters. The van der Waals surface area contributed by atoms with E-state index in [-0.39, 0.29) is 17.7 Å². The van der Waals surface area contributed by atoms with E-state index in [4.69, 9.17) is 9.84 Å². The summed E-state index contributed by atoms with van der Waals surface area (Å²) in [7, 11) is 0. The van der Waals surface area contributed by atoms with Crippen LogP contribution in [0.4, 0.5) is 0 Å². The predicted octanol–water partition coefficient (Wildman–Crippen LogP) is -0.0309. The highest BCUT2D eigenvalue weighted by atomic mass is 16.5. The van der Waals surface area contributed by atoms with Crippen molar-refractivity contribution in [1.82, 2.24) is 0 Å². The van der Waals surface area contributed by atoms with Gasteiger partial charge in [-0.05, 0) is 20.8 Å². The maximum Gasteiger partial charge on any atom is 0.0704 e. The van der Waals surface area contributed by atoms with Crippen LogP contribution in [-0.4, -0.2) is 29.4 Å². The zero-order valence-corrected chi connectivity index (χ0v) is 6.27. The van der Waals surface area contributed by atoms with E-state index in [1.807, 2.05) is 20.8 Å². The van der Waals surface area contributed by atoms with Gasteiger partial charge in [-0.2, -0.15) is 0 Å². The molecule has 3 nitrogen and oxygen atoms in total. The average molecular weight is 136 g/mol. The van der Waals surface area contributed by atoms with Crippen LogP contribution in [0.15, 0.2) is 0 Å². The molecule has 0 amide bonds. The van der Waals surface area contributed by atoms with Crippen LogP contribution in [0.2, 0.25) is 0 Å². The fraction of sp³-hybridized carbons (Fsp3) is 1.00. The Balaban J connectivity index is 0. The molecule has 0 aliphatic rings. The molecule has 9 heavy (non-hydrogen) atoms. The first-order valence-corrected chi connectivity index (χ1v) is 2.81. The minimum Gasteiger partial charge on any atom is -0.412 e. The van der Waals surface area contributed by atoms with Gasteiger partial charge >= 0.3 is 0 Å². The second-order valence-corrected chi connectivity index (χ2v) is 2.68. The molecule has 0 spiro atoms. The number of aliphatic hydroxyl groups is 1. The molecular weight excluding hydrogens is 120 g/mol. The van der Waals surface area contributed by atoms with Crippen LogP contribution in [0.5, 0.6) is 0 Å². The van der Waals surface area contributed by atoms with Gasteiger partial charge in [0.1, 0.15) is 0 Å². The molecule has 0 heterocycles. The van der Waals surface area contributed by atoms with E-state index < -0.39 is 0 Å². The normalized spacial score (nSPS) is 10.7. The number of ether oxygens (including phenoxy) is 1. The van der Waals surface area contributed by atoms with E-state index in [0.717, 1.165) is 0 Å². The maximum absolute atomic E-state index is 8.30. The van der Waals surface area contributed by atoms with Crippen LogP contribution in [0.3, 0.4) is 0 Å². The Labute approximate surface area is 56.0 Å². The van der Waals surface area contributed by atoms with Gasteiger partial charge in [-0.3, -0.25) is 0 Å². The minimum absolute atomic E-state index is 0. The summed E-state index contributed by atoms with van der Waals surface area (Å²) in [6.07, 6.45) is 0. The molecule has 0 saturated heterocycles. The Morgan fingerprint density at radius 3 is 1.89 bits per heavy atom. The smallest absolute Gasteiger partial charge is 0.0704 e. The number of aliphatic hydroxyl groups excluding tert-OH is 1. The van der Waals surface area contributed by atoms with E-state index in [1.165, 1.54) is 0 Å². The molecule has 58 valence electrons. The monoisotopic (exact) mass is 136 g/mol. The van der Waals surface area contributed by atoms with Gasteiger partial charge in [0.05, 0.1) is 18.8 Å². The minimum atomic E-state index is -0.108. The molecule has 0 bridgehead atoms. The van der Waals surface area contributed by atoms with E-state index in [2.05, 4.69) is 0 Å². The lowest BCUT2D eigenvalue weighted by Gasteiger charge is -2.18. The molecule has 3 heteroatoms. The molecule has 0 aromatic carbocycles. The van der Waals surface area contributed by atoms with Gasteiger partial charge in [0.15, 0.2) is 0 Å². The van der Waals surface area contributed by atoms with Gasteiger partial charge < -0.3 is 15.3 Å². The molecular formula is C6H16O3. The summed E-state index contributed by atoms with van der Waals surface area (Å²) in [6, 6.07) is 0. The van der Waals surface area contributed by atoms with Crippen molar-refractivity contribution >= 4 is 0 Å². The van der Waals surface area contributed by atoms with Crippen molar-refractivity contribution in [3.63, 3.8) is 0 Å². The van der Waals surface area contributed by atoms with Gasteiger partial charge in [-0.25, -0.2) is 0 Å². The molecule has 0 aliphatic heterocycles. The second kappa shape index (κ2) is 4.73. The third-order valence-electron chi connectivity index (χ3n) is 0.626. The molecule has 0 aliphatic carbocycles. The molecule has 0 aromatic heterocycles. The van der Waals surface area contributed by atoms with E-state index in [0.29, 0.717) is 6.61 Å². The molecule has 0 aromatic rings. The van der Waals surface area contributed by atoms with Crippen molar-refractivity contribution in [3.8, 4) is 0 Å².